The third-order valence-corrected chi connectivity index (χ3v) is 6.97. The van der Waals surface area contributed by atoms with Crippen LogP contribution in [0.15, 0.2) is 72.8 Å². The smallest absolute Gasteiger partial charge is 0.243 e. The number of carbonyl (C=O) groups excluding carboxylic acids is 2. The molecule has 1 N–H and O–H groups in total. The maximum Gasteiger partial charge on any atom is 0.243 e. The summed E-state index contributed by atoms with van der Waals surface area (Å²) in [5.41, 5.74) is 2.15. The maximum atomic E-state index is 14.0. The van der Waals surface area contributed by atoms with Crippen molar-refractivity contribution in [1.82, 2.24) is 10.2 Å². The zero-order chi connectivity index (χ0) is 25.2. The van der Waals surface area contributed by atoms with Gasteiger partial charge in [0.2, 0.25) is 11.8 Å². The molecule has 4 nitrogen and oxygen atoms in total. The highest BCUT2D eigenvalue weighted by atomic mass is 35.5. The van der Waals surface area contributed by atoms with Gasteiger partial charge in [0.15, 0.2) is 0 Å². The molecule has 0 radical (unpaired) electrons. The molecule has 0 aliphatic heterocycles. The molecule has 0 fully saturated rings. The van der Waals surface area contributed by atoms with Crippen molar-refractivity contribution in [2.24, 2.45) is 0 Å². The fourth-order valence-corrected chi connectivity index (χ4v) is 4.99. The summed E-state index contributed by atoms with van der Waals surface area (Å²) in [6, 6.07) is 20.4. The zero-order valence-corrected chi connectivity index (χ0v) is 21.7. The average molecular weight is 533 g/mol. The van der Waals surface area contributed by atoms with Crippen molar-refractivity contribution in [1.29, 1.82) is 0 Å². The van der Waals surface area contributed by atoms with Gasteiger partial charge < -0.3 is 10.2 Å². The van der Waals surface area contributed by atoms with Crippen LogP contribution in [0.3, 0.4) is 0 Å². The molecule has 35 heavy (non-hydrogen) atoms. The summed E-state index contributed by atoms with van der Waals surface area (Å²) in [5, 5.41) is 3.76. The highest BCUT2D eigenvalue weighted by Crippen LogP contribution is 2.25. The Morgan fingerprint density at radius 2 is 1.71 bits per heavy atom. The van der Waals surface area contributed by atoms with Crippen LogP contribution in [0, 0.1) is 5.82 Å². The molecule has 184 valence electrons. The second kappa shape index (κ2) is 13.5. The Kier molecular flexibility index (Phi) is 10.5. The van der Waals surface area contributed by atoms with E-state index in [1.165, 1.54) is 17.8 Å². The summed E-state index contributed by atoms with van der Waals surface area (Å²) in [7, 11) is 0. The SMILES string of the molecule is CCNC(=O)[C@@H](Cc1ccccc1)N(Cc1ccc(Cl)cc1Cl)C(=O)CSCc1ccccc1F. The van der Waals surface area contributed by atoms with Crippen molar-refractivity contribution < 1.29 is 14.0 Å². The van der Waals surface area contributed by atoms with E-state index in [9.17, 15) is 14.0 Å². The topological polar surface area (TPSA) is 49.4 Å². The Balaban J connectivity index is 1.86. The first kappa shape index (κ1) is 27.1. The number of nitrogens with one attached hydrogen (secondary N) is 1. The van der Waals surface area contributed by atoms with Crippen molar-refractivity contribution in [3.8, 4) is 0 Å². The second-order valence-electron chi connectivity index (χ2n) is 7.94. The van der Waals surface area contributed by atoms with Crippen LogP contribution in [0.2, 0.25) is 10.0 Å². The molecule has 8 heteroatoms. The van der Waals surface area contributed by atoms with E-state index in [4.69, 9.17) is 23.2 Å². The number of likely N-dealkylation sites (N-methyl/N-ethyl adjacent to an activating group) is 1. The van der Waals surface area contributed by atoms with E-state index in [1.54, 1.807) is 41.3 Å². The third kappa shape index (κ3) is 7.99. The lowest BCUT2D eigenvalue weighted by Crippen LogP contribution is -2.51. The number of benzene rings is 3. The van der Waals surface area contributed by atoms with Gasteiger partial charge in [0.1, 0.15) is 11.9 Å². The summed E-state index contributed by atoms with van der Waals surface area (Å²) in [6.45, 7) is 2.42. The molecule has 0 unspecified atom stereocenters. The molecule has 3 aromatic carbocycles. The number of hydrogen-bond acceptors (Lipinski definition) is 3. The lowest BCUT2D eigenvalue weighted by atomic mass is 10.0. The van der Waals surface area contributed by atoms with Gasteiger partial charge in [-0.25, -0.2) is 4.39 Å². The Morgan fingerprint density at radius 3 is 2.40 bits per heavy atom. The normalized spacial score (nSPS) is 11.7. The second-order valence-corrected chi connectivity index (χ2v) is 9.77. The predicted molar refractivity (Wildman–Crippen MR) is 142 cm³/mol. The summed E-state index contributed by atoms with van der Waals surface area (Å²) in [6.07, 6.45) is 0.349. The summed E-state index contributed by atoms with van der Waals surface area (Å²) < 4.78 is 14.0. The molecule has 0 aliphatic rings. The van der Waals surface area contributed by atoms with Crippen LogP contribution >= 0.6 is 35.0 Å². The molecule has 0 aliphatic carbocycles. The number of thioether (sulfide) groups is 1. The molecule has 1 atom stereocenters. The van der Waals surface area contributed by atoms with Gasteiger partial charge in [0, 0.05) is 35.3 Å². The summed E-state index contributed by atoms with van der Waals surface area (Å²) in [5.74, 6) is -0.345. The quantitative estimate of drug-likeness (QED) is 0.322. The average Bonchev–Trinajstić information content (AvgIpc) is 2.84. The zero-order valence-electron chi connectivity index (χ0n) is 19.3. The van der Waals surface area contributed by atoms with Crippen molar-refractivity contribution in [3.63, 3.8) is 0 Å². The van der Waals surface area contributed by atoms with Crippen LogP contribution in [-0.4, -0.2) is 35.1 Å². The van der Waals surface area contributed by atoms with E-state index in [2.05, 4.69) is 5.32 Å². The molecule has 0 heterocycles. The summed E-state index contributed by atoms with van der Waals surface area (Å²) in [4.78, 5) is 28.2. The van der Waals surface area contributed by atoms with Crippen LogP contribution in [0.4, 0.5) is 4.39 Å². The number of hydrogen-bond donors (Lipinski definition) is 1. The van der Waals surface area contributed by atoms with Gasteiger partial charge in [-0.3, -0.25) is 9.59 Å². The first-order chi connectivity index (χ1) is 16.9. The minimum atomic E-state index is -0.745. The molecule has 0 bridgehead atoms. The first-order valence-corrected chi connectivity index (χ1v) is 13.2. The number of amides is 2. The largest absolute Gasteiger partial charge is 0.355 e. The highest BCUT2D eigenvalue weighted by Gasteiger charge is 2.30. The van der Waals surface area contributed by atoms with Gasteiger partial charge in [-0.1, -0.05) is 77.8 Å². The maximum absolute atomic E-state index is 14.0. The fraction of sp³-hybridized carbons (Fsp3) is 0.259. The predicted octanol–water partition coefficient (Wildman–Crippen LogP) is 6.14. The number of carbonyl (C=O) groups is 2. The van der Waals surface area contributed by atoms with Gasteiger partial charge in [0.25, 0.3) is 0 Å². The van der Waals surface area contributed by atoms with Crippen molar-refractivity contribution >= 4 is 46.8 Å². The van der Waals surface area contributed by atoms with Gasteiger partial charge in [-0.2, -0.15) is 0 Å². The standard InChI is InChI=1S/C27H27Cl2FN2O2S/c1-2-31-27(34)25(14-19-8-4-3-5-9-19)32(16-20-12-13-22(28)15-23(20)29)26(33)18-35-17-21-10-6-7-11-24(21)30/h3-13,15,25H,2,14,16-18H2,1H3,(H,31,34)/t25-/m1/s1. The number of nitrogens with zero attached hydrogens (tertiary/aromatic N) is 1. The Hall–Kier alpha value is -2.54. The van der Waals surface area contributed by atoms with Gasteiger partial charge >= 0.3 is 0 Å². The van der Waals surface area contributed by atoms with Crippen LogP contribution in [0.25, 0.3) is 0 Å². The Morgan fingerprint density at radius 1 is 1.00 bits per heavy atom. The van der Waals surface area contributed by atoms with Gasteiger partial charge in [0.05, 0.1) is 5.75 Å². The monoisotopic (exact) mass is 532 g/mol. The van der Waals surface area contributed by atoms with E-state index in [0.717, 1.165) is 5.56 Å². The molecule has 0 saturated carbocycles. The van der Waals surface area contributed by atoms with Gasteiger partial charge in [-0.05, 0) is 41.8 Å². The minimum absolute atomic E-state index is 0.0875. The van der Waals surface area contributed by atoms with Crippen LogP contribution in [0.1, 0.15) is 23.6 Å². The van der Waals surface area contributed by atoms with Crippen molar-refractivity contribution in [2.45, 2.75) is 31.7 Å². The van der Waals surface area contributed by atoms with Crippen LogP contribution in [0.5, 0.6) is 0 Å². The molecule has 0 saturated heterocycles. The van der Waals surface area contributed by atoms with E-state index in [-0.39, 0.29) is 29.9 Å². The fourth-order valence-electron chi connectivity index (χ4n) is 3.63. The lowest BCUT2D eigenvalue weighted by Gasteiger charge is -2.31. The van der Waals surface area contributed by atoms with Crippen molar-refractivity contribution in [2.75, 3.05) is 12.3 Å². The molecule has 3 rings (SSSR count). The van der Waals surface area contributed by atoms with Crippen LogP contribution < -0.4 is 5.32 Å². The number of halogens is 3. The number of rotatable bonds is 11. The molecule has 0 aromatic heterocycles. The molecule has 3 aromatic rings. The third-order valence-electron chi connectivity index (χ3n) is 5.42. The molecule has 0 spiro atoms. The van der Waals surface area contributed by atoms with E-state index < -0.39 is 6.04 Å². The summed E-state index contributed by atoms with van der Waals surface area (Å²) >= 11 is 13.8. The van der Waals surface area contributed by atoms with Crippen LogP contribution in [-0.2, 0) is 28.3 Å². The molecule has 2 amide bonds. The van der Waals surface area contributed by atoms with Crippen molar-refractivity contribution in [3.05, 3.63) is 105 Å². The molecular weight excluding hydrogens is 506 g/mol. The van der Waals surface area contributed by atoms with E-state index in [0.29, 0.717) is 39.9 Å². The highest BCUT2D eigenvalue weighted by molar-refractivity contribution is 7.99. The molecular formula is C27H27Cl2FN2O2S. The van der Waals surface area contributed by atoms with Gasteiger partial charge in [-0.15, -0.1) is 11.8 Å². The first-order valence-electron chi connectivity index (χ1n) is 11.2. The van der Waals surface area contributed by atoms with E-state index >= 15 is 0 Å². The minimum Gasteiger partial charge on any atom is -0.355 e. The Bertz CT molecular complexity index is 1150. The van der Waals surface area contributed by atoms with E-state index in [1.807, 2.05) is 37.3 Å². The Labute approximate surface area is 219 Å². The lowest BCUT2D eigenvalue weighted by molar-refractivity contribution is -0.139.